The minimum atomic E-state index is 0.144. The number of rotatable bonds is 7. The summed E-state index contributed by atoms with van der Waals surface area (Å²) < 4.78 is 2.12. The van der Waals surface area contributed by atoms with Crippen LogP contribution in [0.15, 0.2) is 6.07 Å². The molecule has 0 radical (unpaired) electrons. The topological polar surface area (TPSA) is 33.1 Å². The lowest BCUT2D eigenvalue weighted by Crippen LogP contribution is -2.57. The zero-order valence-electron chi connectivity index (χ0n) is 13.6. The van der Waals surface area contributed by atoms with E-state index < -0.39 is 0 Å². The Balaban J connectivity index is 2.98. The molecule has 4 heteroatoms. The van der Waals surface area contributed by atoms with Crippen LogP contribution in [0, 0.1) is 6.92 Å². The molecule has 0 aliphatic heterocycles. The molecule has 2 unspecified atom stereocenters. The molecule has 1 aromatic rings. The molecule has 2 atom stereocenters. The SMILES string of the molecule is CCn1nc(C)cc1CC(NC)C(C)(CC)N(C)C. The molecule has 1 rings (SSSR count). The maximum absolute atomic E-state index is 4.54. The Morgan fingerprint density at radius 1 is 1.42 bits per heavy atom. The third-order valence-corrected chi connectivity index (χ3v) is 4.53. The Hall–Kier alpha value is -0.870. The van der Waals surface area contributed by atoms with Crippen LogP contribution in [0.4, 0.5) is 0 Å². The van der Waals surface area contributed by atoms with Gasteiger partial charge in [0.15, 0.2) is 0 Å². The van der Waals surface area contributed by atoms with Gasteiger partial charge in [0.1, 0.15) is 0 Å². The average Bonchev–Trinajstić information content (AvgIpc) is 2.74. The van der Waals surface area contributed by atoms with Crippen LogP contribution in [-0.2, 0) is 13.0 Å². The van der Waals surface area contributed by atoms with Crippen LogP contribution in [0.3, 0.4) is 0 Å². The lowest BCUT2D eigenvalue weighted by molar-refractivity contribution is 0.115. The van der Waals surface area contributed by atoms with Crippen molar-refractivity contribution in [2.75, 3.05) is 21.1 Å². The molecule has 0 aliphatic carbocycles. The van der Waals surface area contributed by atoms with Gasteiger partial charge in [0, 0.05) is 30.2 Å². The summed E-state index contributed by atoms with van der Waals surface area (Å²) in [6, 6.07) is 2.62. The number of aryl methyl sites for hydroxylation is 2. The highest BCUT2D eigenvalue weighted by Gasteiger charge is 2.34. The van der Waals surface area contributed by atoms with Crippen molar-refractivity contribution in [1.29, 1.82) is 0 Å². The average molecular weight is 266 g/mol. The van der Waals surface area contributed by atoms with E-state index in [-0.39, 0.29) is 5.54 Å². The molecule has 1 heterocycles. The second-order valence-corrected chi connectivity index (χ2v) is 5.74. The van der Waals surface area contributed by atoms with E-state index in [0.717, 1.165) is 25.1 Å². The van der Waals surface area contributed by atoms with Crippen molar-refractivity contribution in [1.82, 2.24) is 20.0 Å². The summed E-state index contributed by atoms with van der Waals surface area (Å²) in [5, 5.41) is 8.05. The fourth-order valence-corrected chi connectivity index (χ4v) is 2.75. The van der Waals surface area contributed by atoms with Crippen molar-refractivity contribution in [2.24, 2.45) is 0 Å². The van der Waals surface area contributed by atoms with Gasteiger partial charge in [0.2, 0.25) is 0 Å². The molecule has 0 spiro atoms. The van der Waals surface area contributed by atoms with Gasteiger partial charge in [-0.1, -0.05) is 6.92 Å². The first kappa shape index (κ1) is 16.2. The van der Waals surface area contributed by atoms with Gasteiger partial charge < -0.3 is 10.2 Å². The zero-order valence-corrected chi connectivity index (χ0v) is 13.6. The predicted octanol–water partition coefficient (Wildman–Crippen LogP) is 2.07. The molecule has 0 bridgehead atoms. The smallest absolute Gasteiger partial charge is 0.0596 e. The Morgan fingerprint density at radius 3 is 2.47 bits per heavy atom. The van der Waals surface area contributed by atoms with E-state index in [1.807, 2.05) is 0 Å². The van der Waals surface area contributed by atoms with E-state index in [0.29, 0.717) is 6.04 Å². The molecular weight excluding hydrogens is 236 g/mol. The van der Waals surface area contributed by atoms with Gasteiger partial charge in [-0.05, 0) is 54.4 Å². The number of hydrogen-bond donors (Lipinski definition) is 1. The Morgan fingerprint density at radius 2 is 2.05 bits per heavy atom. The molecule has 0 aromatic carbocycles. The highest BCUT2D eigenvalue weighted by atomic mass is 15.3. The Kier molecular flexibility index (Phi) is 5.56. The van der Waals surface area contributed by atoms with Crippen LogP contribution >= 0.6 is 0 Å². The van der Waals surface area contributed by atoms with E-state index >= 15 is 0 Å². The molecule has 0 saturated heterocycles. The van der Waals surface area contributed by atoms with Crippen LogP contribution < -0.4 is 5.32 Å². The van der Waals surface area contributed by atoms with E-state index in [4.69, 9.17) is 0 Å². The van der Waals surface area contributed by atoms with Gasteiger partial charge in [0.25, 0.3) is 0 Å². The molecule has 110 valence electrons. The van der Waals surface area contributed by atoms with Crippen molar-refractivity contribution >= 4 is 0 Å². The van der Waals surface area contributed by atoms with Gasteiger partial charge >= 0.3 is 0 Å². The fourth-order valence-electron chi connectivity index (χ4n) is 2.75. The van der Waals surface area contributed by atoms with Gasteiger partial charge in [-0.3, -0.25) is 4.68 Å². The molecule has 1 aromatic heterocycles. The van der Waals surface area contributed by atoms with Crippen molar-refractivity contribution in [3.05, 3.63) is 17.5 Å². The normalized spacial score (nSPS) is 16.6. The van der Waals surface area contributed by atoms with Crippen molar-refractivity contribution in [2.45, 2.75) is 58.7 Å². The third-order valence-electron chi connectivity index (χ3n) is 4.53. The summed E-state index contributed by atoms with van der Waals surface area (Å²) in [6.45, 7) is 9.73. The monoisotopic (exact) mass is 266 g/mol. The predicted molar refractivity (Wildman–Crippen MR) is 81.6 cm³/mol. The summed E-state index contributed by atoms with van der Waals surface area (Å²) in [5.41, 5.74) is 2.57. The van der Waals surface area contributed by atoms with Gasteiger partial charge in [-0.15, -0.1) is 0 Å². The first-order chi connectivity index (χ1) is 8.88. The summed E-state index contributed by atoms with van der Waals surface area (Å²) >= 11 is 0. The lowest BCUT2D eigenvalue weighted by atomic mass is 9.85. The van der Waals surface area contributed by atoms with Gasteiger partial charge in [-0.25, -0.2) is 0 Å². The third kappa shape index (κ3) is 3.37. The summed E-state index contributed by atoms with van der Waals surface area (Å²) in [4.78, 5) is 2.33. The van der Waals surface area contributed by atoms with E-state index in [9.17, 15) is 0 Å². The standard InChI is InChI=1S/C15H30N4/c1-8-15(4,18(6)7)14(16-5)11-13-10-12(3)17-19(13)9-2/h10,14,16H,8-9,11H2,1-7H3. The molecule has 0 fully saturated rings. The largest absolute Gasteiger partial charge is 0.315 e. The van der Waals surface area contributed by atoms with Crippen LogP contribution in [0.1, 0.15) is 38.6 Å². The second-order valence-electron chi connectivity index (χ2n) is 5.74. The lowest BCUT2D eigenvalue weighted by Gasteiger charge is -2.42. The quantitative estimate of drug-likeness (QED) is 0.820. The van der Waals surface area contributed by atoms with Gasteiger partial charge in [0.05, 0.1) is 5.69 Å². The molecule has 0 amide bonds. The van der Waals surface area contributed by atoms with Crippen molar-refractivity contribution in [3.63, 3.8) is 0 Å². The molecule has 1 N–H and O–H groups in total. The number of nitrogens with one attached hydrogen (secondary N) is 1. The molecule has 4 nitrogen and oxygen atoms in total. The van der Waals surface area contributed by atoms with E-state index in [1.165, 1.54) is 5.69 Å². The Labute approximate surface area is 118 Å². The summed E-state index contributed by atoms with van der Waals surface area (Å²) in [7, 11) is 6.38. The number of likely N-dealkylation sites (N-methyl/N-ethyl adjacent to an activating group) is 2. The first-order valence-electron chi connectivity index (χ1n) is 7.27. The van der Waals surface area contributed by atoms with Crippen LogP contribution in [0.5, 0.6) is 0 Å². The highest BCUT2D eigenvalue weighted by Crippen LogP contribution is 2.24. The minimum Gasteiger partial charge on any atom is -0.315 e. The molecule has 0 saturated carbocycles. The second kappa shape index (κ2) is 6.53. The number of hydrogen-bond acceptors (Lipinski definition) is 3. The molecular formula is C15H30N4. The van der Waals surface area contributed by atoms with Crippen molar-refractivity contribution in [3.8, 4) is 0 Å². The number of aromatic nitrogens is 2. The summed E-state index contributed by atoms with van der Waals surface area (Å²) in [5.74, 6) is 0. The van der Waals surface area contributed by atoms with Crippen LogP contribution in [-0.4, -0.2) is 47.4 Å². The van der Waals surface area contributed by atoms with E-state index in [2.05, 4.69) is 74.9 Å². The van der Waals surface area contributed by atoms with E-state index in [1.54, 1.807) is 0 Å². The molecule has 19 heavy (non-hydrogen) atoms. The maximum Gasteiger partial charge on any atom is 0.0596 e. The number of nitrogens with zero attached hydrogens (tertiary/aromatic N) is 3. The molecule has 0 aliphatic rings. The summed E-state index contributed by atoms with van der Waals surface area (Å²) in [6.07, 6.45) is 2.12. The maximum atomic E-state index is 4.54. The minimum absolute atomic E-state index is 0.144. The fraction of sp³-hybridized carbons (Fsp3) is 0.800. The van der Waals surface area contributed by atoms with Crippen molar-refractivity contribution < 1.29 is 0 Å². The van der Waals surface area contributed by atoms with Gasteiger partial charge in [-0.2, -0.15) is 5.10 Å². The zero-order chi connectivity index (χ0) is 14.6. The first-order valence-corrected chi connectivity index (χ1v) is 7.27. The Bertz CT molecular complexity index is 397. The highest BCUT2D eigenvalue weighted by molar-refractivity contribution is 5.12. The van der Waals surface area contributed by atoms with Crippen LogP contribution in [0.25, 0.3) is 0 Å². The van der Waals surface area contributed by atoms with Crippen LogP contribution in [0.2, 0.25) is 0 Å².